The molecule has 2 aromatic heterocycles. The van der Waals surface area contributed by atoms with Crippen LogP contribution in [-0.2, 0) is 0 Å². The minimum absolute atomic E-state index is 0.300. The van der Waals surface area contributed by atoms with E-state index in [0.29, 0.717) is 18.1 Å². The highest BCUT2D eigenvalue weighted by atomic mass is 16.5. The number of nitrogens with two attached hydrogens (primary N) is 1. The largest absolute Gasteiger partial charge is 0.337 e. The lowest BCUT2D eigenvalue weighted by molar-refractivity contribution is 0.356. The first-order chi connectivity index (χ1) is 8.22. The molecule has 1 unspecified atom stereocenters. The van der Waals surface area contributed by atoms with Gasteiger partial charge in [0.2, 0.25) is 11.7 Å². The molecular weight excluding hydrogens is 216 g/mol. The van der Waals surface area contributed by atoms with E-state index in [2.05, 4.69) is 21.7 Å². The van der Waals surface area contributed by atoms with Gasteiger partial charge < -0.3 is 10.3 Å². The maximum Gasteiger partial charge on any atom is 0.244 e. The maximum atomic E-state index is 5.85. The Morgan fingerprint density at radius 3 is 3.12 bits per heavy atom. The van der Waals surface area contributed by atoms with E-state index in [1.807, 2.05) is 13.0 Å². The second-order valence-electron chi connectivity index (χ2n) is 3.78. The minimum atomic E-state index is -0.300. The quantitative estimate of drug-likeness (QED) is 0.813. The number of aromatic nitrogens is 3. The Bertz CT molecular complexity index is 521. The van der Waals surface area contributed by atoms with Crippen molar-refractivity contribution in [2.75, 3.05) is 0 Å². The van der Waals surface area contributed by atoms with E-state index in [-0.39, 0.29) is 6.04 Å². The van der Waals surface area contributed by atoms with Crippen molar-refractivity contribution in [2.24, 2.45) is 5.73 Å². The van der Waals surface area contributed by atoms with Crippen molar-refractivity contribution in [1.82, 2.24) is 15.1 Å². The molecule has 2 rings (SSSR count). The average molecular weight is 230 g/mol. The summed E-state index contributed by atoms with van der Waals surface area (Å²) in [5.74, 6) is 0.938. The highest BCUT2D eigenvalue weighted by Crippen LogP contribution is 2.21. The summed E-state index contributed by atoms with van der Waals surface area (Å²) < 4.78 is 5.13. The molecule has 17 heavy (non-hydrogen) atoms. The maximum absolute atomic E-state index is 5.85. The van der Waals surface area contributed by atoms with Gasteiger partial charge in [-0.2, -0.15) is 4.98 Å². The summed E-state index contributed by atoms with van der Waals surface area (Å²) in [5, 5.41) is 3.91. The summed E-state index contributed by atoms with van der Waals surface area (Å²) in [6, 6.07) is 1.60. The molecule has 1 atom stereocenters. The summed E-state index contributed by atoms with van der Waals surface area (Å²) in [6.45, 7) is 5.59. The van der Waals surface area contributed by atoms with Crippen LogP contribution in [0.15, 0.2) is 35.6 Å². The van der Waals surface area contributed by atoms with Gasteiger partial charge in [0.15, 0.2) is 0 Å². The van der Waals surface area contributed by atoms with E-state index < -0.39 is 0 Å². The van der Waals surface area contributed by atoms with Crippen LogP contribution in [-0.4, -0.2) is 15.1 Å². The molecule has 0 aliphatic heterocycles. The fourth-order valence-corrected chi connectivity index (χ4v) is 1.47. The number of pyridine rings is 1. The van der Waals surface area contributed by atoms with Gasteiger partial charge in [0, 0.05) is 18.0 Å². The fourth-order valence-electron chi connectivity index (χ4n) is 1.47. The standard InChI is InChI=1S/C12H14N4O/c1-3-4-10(13)12-15-11(16-17-12)9-7-14-6-5-8(9)2/h3,5-7,10H,1,4,13H2,2H3. The Morgan fingerprint density at radius 2 is 2.41 bits per heavy atom. The van der Waals surface area contributed by atoms with E-state index in [1.165, 1.54) is 0 Å². The molecule has 0 spiro atoms. The third-order valence-electron chi connectivity index (χ3n) is 2.46. The zero-order chi connectivity index (χ0) is 12.3. The number of aryl methyl sites for hydroxylation is 1. The van der Waals surface area contributed by atoms with Gasteiger partial charge in [-0.05, 0) is 25.0 Å². The first kappa shape index (κ1) is 11.5. The molecular formula is C12H14N4O. The molecule has 88 valence electrons. The Kier molecular flexibility index (Phi) is 3.30. The normalized spacial score (nSPS) is 12.4. The molecule has 0 bridgehead atoms. The Morgan fingerprint density at radius 1 is 1.59 bits per heavy atom. The molecule has 0 aromatic carbocycles. The summed E-state index contributed by atoms with van der Waals surface area (Å²) in [5.41, 5.74) is 7.75. The predicted molar refractivity (Wildman–Crippen MR) is 64.0 cm³/mol. The van der Waals surface area contributed by atoms with Crippen LogP contribution in [0.2, 0.25) is 0 Å². The lowest BCUT2D eigenvalue weighted by atomic mass is 10.1. The van der Waals surface area contributed by atoms with E-state index in [9.17, 15) is 0 Å². The van der Waals surface area contributed by atoms with Crippen LogP contribution < -0.4 is 5.73 Å². The smallest absolute Gasteiger partial charge is 0.244 e. The molecule has 0 saturated heterocycles. The van der Waals surface area contributed by atoms with Gasteiger partial charge in [-0.15, -0.1) is 6.58 Å². The second-order valence-corrected chi connectivity index (χ2v) is 3.78. The number of rotatable bonds is 4. The van der Waals surface area contributed by atoms with E-state index in [1.54, 1.807) is 18.5 Å². The molecule has 5 nitrogen and oxygen atoms in total. The molecule has 2 aromatic rings. The van der Waals surface area contributed by atoms with Gasteiger partial charge in [0.1, 0.15) is 0 Å². The van der Waals surface area contributed by atoms with Crippen LogP contribution in [0.25, 0.3) is 11.4 Å². The summed E-state index contributed by atoms with van der Waals surface area (Å²) in [7, 11) is 0. The highest BCUT2D eigenvalue weighted by molar-refractivity contribution is 5.57. The van der Waals surface area contributed by atoms with Gasteiger partial charge in [-0.25, -0.2) is 0 Å². The van der Waals surface area contributed by atoms with Gasteiger partial charge in [0.05, 0.1) is 6.04 Å². The van der Waals surface area contributed by atoms with Gasteiger partial charge in [-0.1, -0.05) is 11.2 Å². The van der Waals surface area contributed by atoms with Crippen molar-refractivity contribution in [1.29, 1.82) is 0 Å². The summed E-state index contributed by atoms with van der Waals surface area (Å²) in [6.07, 6.45) is 5.77. The van der Waals surface area contributed by atoms with Crippen LogP contribution >= 0.6 is 0 Å². The van der Waals surface area contributed by atoms with Crippen LogP contribution in [0, 0.1) is 6.92 Å². The van der Waals surface area contributed by atoms with E-state index >= 15 is 0 Å². The van der Waals surface area contributed by atoms with E-state index in [4.69, 9.17) is 10.3 Å². The van der Waals surface area contributed by atoms with Crippen LogP contribution in [0.3, 0.4) is 0 Å². The molecule has 0 saturated carbocycles. The zero-order valence-electron chi connectivity index (χ0n) is 9.63. The van der Waals surface area contributed by atoms with E-state index in [0.717, 1.165) is 11.1 Å². The fraction of sp³-hybridized carbons (Fsp3) is 0.250. The minimum Gasteiger partial charge on any atom is -0.337 e. The predicted octanol–water partition coefficient (Wildman–Crippen LogP) is 2.02. The van der Waals surface area contributed by atoms with Crippen LogP contribution in [0.1, 0.15) is 23.9 Å². The lowest BCUT2D eigenvalue weighted by Gasteiger charge is -2.00. The number of nitrogens with zero attached hydrogens (tertiary/aromatic N) is 3. The molecule has 2 N–H and O–H groups in total. The zero-order valence-corrected chi connectivity index (χ0v) is 9.63. The molecule has 0 fully saturated rings. The van der Waals surface area contributed by atoms with Crippen molar-refractivity contribution in [2.45, 2.75) is 19.4 Å². The number of hydrogen-bond donors (Lipinski definition) is 1. The van der Waals surface area contributed by atoms with Crippen molar-refractivity contribution in [3.8, 4) is 11.4 Å². The van der Waals surface area contributed by atoms with Gasteiger partial charge in [0.25, 0.3) is 0 Å². The topological polar surface area (TPSA) is 77.8 Å². The van der Waals surface area contributed by atoms with Crippen molar-refractivity contribution >= 4 is 0 Å². The highest BCUT2D eigenvalue weighted by Gasteiger charge is 2.15. The SMILES string of the molecule is C=CCC(N)c1nc(-c2cnccc2C)no1. The molecule has 0 radical (unpaired) electrons. The monoisotopic (exact) mass is 230 g/mol. The Labute approximate surface area is 99.4 Å². The number of hydrogen-bond acceptors (Lipinski definition) is 5. The van der Waals surface area contributed by atoms with Crippen molar-refractivity contribution < 1.29 is 4.52 Å². The summed E-state index contributed by atoms with van der Waals surface area (Å²) in [4.78, 5) is 8.31. The van der Waals surface area contributed by atoms with Gasteiger partial charge >= 0.3 is 0 Å². The average Bonchev–Trinajstić information content (AvgIpc) is 2.79. The molecule has 2 heterocycles. The third kappa shape index (κ3) is 2.39. The van der Waals surface area contributed by atoms with Crippen LogP contribution in [0.5, 0.6) is 0 Å². The second kappa shape index (κ2) is 4.88. The first-order valence-corrected chi connectivity index (χ1v) is 5.33. The van der Waals surface area contributed by atoms with Crippen molar-refractivity contribution in [3.05, 3.63) is 42.6 Å². The van der Waals surface area contributed by atoms with Crippen molar-refractivity contribution in [3.63, 3.8) is 0 Å². The third-order valence-corrected chi connectivity index (χ3v) is 2.46. The molecule has 5 heteroatoms. The first-order valence-electron chi connectivity index (χ1n) is 5.33. The molecule has 0 amide bonds. The molecule has 0 aliphatic rings. The summed E-state index contributed by atoms with van der Waals surface area (Å²) >= 11 is 0. The Balaban J connectivity index is 2.30. The van der Waals surface area contributed by atoms with Crippen LogP contribution in [0.4, 0.5) is 0 Å². The lowest BCUT2D eigenvalue weighted by Crippen LogP contribution is -2.09. The Hall–Kier alpha value is -2.01. The van der Waals surface area contributed by atoms with Gasteiger partial charge in [-0.3, -0.25) is 4.98 Å². The molecule has 0 aliphatic carbocycles.